The van der Waals surface area contributed by atoms with Crippen molar-refractivity contribution in [3.05, 3.63) is 48.5 Å². The molecular weight excluding hydrogens is 410 g/mol. The van der Waals surface area contributed by atoms with Crippen LogP contribution in [0.5, 0.6) is 5.75 Å². The Kier molecular flexibility index (Phi) is 6.13. The molecule has 0 bridgehead atoms. The summed E-state index contributed by atoms with van der Waals surface area (Å²) in [5.74, 6) is 1.94. The number of methoxy groups -OCH3 is 1. The first-order chi connectivity index (χ1) is 16.2. The third-order valence-corrected chi connectivity index (χ3v) is 8.13. The molecule has 0 spiro atoms. The molecule has 1 aromatic heterocycles. The van der Waals surface area contributed by atoms with E-state index in [0.717, 1.165) is 79.5 Å². The molecule has 0 atom stereocenters. The topological polar surface area (TPSA) is 70.1 Å². The Morgan fingerprint density at radius 2 is 1.48 bits per heavy atom. The third-order valence-electron chi connectivity index (χ3n) is 8.13. The van der Waals surface area contributed by atoms with Gasteiger partial charge in [-0.15, -0.1) is 0 Å². The molecule has 0 aliphatic heterocycles. The number of nitrogens with two attached hydrogens (primary N) is 1. The first kappa shape index (κ1) is 22.0. The molecule has 33 heavy (non-hydrogen) atoms. The lowest BCUT2D eigenvalue weighted by atomic mass is 9.63. The zero-order valence-electron chi connectivity index (χ0n) is 19.6. The molecule has 1 heterocycles. The van der Waals surface area contributed by atoms with Crippen molar-refractivity contribution in [3.63, 3.8) is 0 Å². The summed E-state index contributed by atoms with van der Waals surface area (Å²) in [6, 6.07) is 16.2. The zero-order valence-corrected chi connectivity index (χ0v) is 19.6. The van der Waals surface area contributed by atoms with Crippen molar-refractivity contribution in [1.29, 1.82) is 0 Å². The van der Waals surface area contributed by atoms with Crippen LogP contribution in [-0.4, -0.2) is 22.6 Å². The van der Waals surface area contributed by atoms with E-state index in [1.54, 1.807) is 7.11 Å². The van der Waals surface area contributed by atoms with E-state index in [0.29, 0.717) is 0 Å². The normalized spacial score (nSPS) is 18.5. The van der Waals surface area contributed by atoms with E-state index in [-0.39, 0.29) is 17.7 Å². The smallest absolute Gasteiger partial charge is 0.244 e. The highest BCUT2D eigenvalue weighted by Crippen LogP contribution is 2.50. The van der Waals surface area contributed by atoms with Gasteiger partial charge in [0, 0.05) is 5.56 Å². The van der Waals surface area contributed by atoms with Crippen LogP contribution in [0.25, 0.3) is 22.4 Å². The number of imidazole rings is 1. The van der Waals surface area contributed by atoms with Gasteiger partial charge in [0.2, 0.25) is 5.91 Å². The molecule has 174 valence electrons. The van der Waals surface area contributed by atoms with Gasteiger partial charge in [0.1, 0.15) is 17.1 Å². The molecule has 5 rings (SSSR count). The van der Waals surface area contributed by atoms with Gasteiger partial charge in [0.05, 0.1) is 18.1 Å². The molecule has 5 heteroatoms. The van der Waals surface area contributed by atoms with Crippen molar-refractivity contribution in [2.75, 3.05) is 7.11 Å². The number of amides is 1. The van der Waals surface area contributed by atoms with Crippen LogP contribution in [-0.2, 0) is 10.3 Å². The molecule has 2 N–H and O–H groups in total. The van der Waals surface area contributed by atoms with Crippen LogP contribution in [0, 0.1) is 11.8 Å². The predicted octanol–water partition coefficient (Wildman–Crippen LogP) is 6.05. The summed E-state index contributed by atoms with van der Waals surface area (Å²) in [7, 11) is 1.68. The number of ether oxygens (including phenoxy) is 1. The van der Waals surface area contributed by atoms with Gasteiger partial charge in [-0.3, -0.25) is 4.79 Å². The van der Waals surface area contributed by atoms with Crippen molar-refractivity contribution in [3.8, 4) is 17.1 Å². The van der Waals surface area contributed by atoms with Gasteiger partial charge in [0.25, 0.3) is 0 Å². The summed E-state index contributed by atoms with van der Waals surface area (Å²) in [6.45, 7) is 0. The third kappa shape index (κ3) is 3.71. The number of carbonyl (C=O) groups is 1. The number of benzene rings is 2. The average Bonchev–Trinajstić information content (AvgIpc) is 3.26. The molecule has 2 aliphatic carbocycles. The number of hydrogen-bond acceptors (Lipinski definition) is 3. The first-order valence-electron chi connectivity index (χ1n) is 12.6. The molecule has 2 aliphatic rings. The highest BCUT2D eigenvalue weighted by atomic mass is 16.5. The monoisotopic (exact) mass is 445 g/mol. The van der Waals surface area contributed by atoms with Gasteiger partial charge < -0.3 is 15.0 Å². The number of carbonyl (C=O) groups excluding carboxylic acids is 1. The van der Waals surface area contributed by atoms with Crippen molar-refractivity contribution in [2.24, 2.45) is 17.6 Å². The van der Waals surface area contributed by atoms with Gasteiger partial charge in [-0.05, 0) is 73.9 Å². The Labute approximate surface area is 196 Å². The van der Waals surface area contributed by atoms with E-state index in [1.807, 2.05) is 42.5 Å². The van der Waals surface area contributed by atoms with Crippen LogP contribution in [0.3, 0.4) is 0 Å². The number of primary amides is 1. The van der Waals surface area contributed by atoms with Crippen molar-refractivity contribution in [2.45, 2.75) is 69.7 Å². The molecule has 0 unspecified atom stereocenters. The number of aromatic nitrogens is 2. The highest BCUT2D eigenvalue weighted by Gasteiger charge is 2.53. The van der Waals surface area contributed by atoms with Crippen LogP contribution in [0.1, 0.15) is 64.2 Å². The minimum Gasteiger partial charge on any atom is -0.497 e. The number of fused-ring (bicyclic) bond motifs is 1. The number of nitrogens with zero attached hydrogens (tertiary/aromatic N) is 2. The lowest BCUT2D eigenvalue weighted by Gasteiger charge is -2.48. The average molecular weight is 446 g/mol. The van der Waals surface area contributed by atoms with Crippen LogP contribution >= 0.6 is 0 Å². The highest BCUT2D eigenvalue weighted by molar-refractivity contribution is 5.89. The Morgan fingerprint density at radius 1 is 0.909 bits per heavy atom. The van der Waals surface area contributed by atoms with E-state index in [2.05, 4.69) is 10.6 Å². The molecular formula is C28H35N3O2. The lowest BCUT2D eigenvalue weighted by molar-refractivity contribution is -0.135. The van der Waals surface area contributed by atoms with Crippen LogP contribution < -0.4 is 10.5 Å². The van der Waals surface area contributed by atoms with Gasteiger partial charge in [-0.2, -0.15) is 0 Å². The minimum atomic E-state index is -0.758. The van der Waals surface area contributed by atoms with E-state index >= 15 is 0 Å². The quantitative estimate of drug-likeness (QED) is 0.502. The molecule has 5 nitrogen and oxygen atoms in total. The lowest BCUT2D eigenvalue weighted by Crippen LogP contribution is -2.58. The standard InChI is InChI=1S/C28H35N3O2/c1-33-23-18-16-20(17-19-23)26-30-24-14-8-9-15-25(24)31(26)28(27(29)32,21-10-4-2-5-11-21)22-12-6-3-7-13-22/h8-9,14-19,21-22H,2-7,10-13H2,1H3,(H2,29,32). The second kappa shape index (κ2) is 9.20. The second-order valence-corrected chi connectivity index (χ2v) is 9.85. The van der Waals surface area contributed by atoms with Crippen LogP contribution in [0.2, 0.25) is 0 Å². The molecule has 1 amide bonds. The Balaban J connectivity index is 1.80. The summed E-state index contributed by atoms with van der Waals surface area (Å²) in [5.41, 5.74) is 8.66. The Hall–Kier alpha value is -2.82. The van der Waals surface area contributed by atoms with Crippen LogP contribution in [0.4, 0.5) is 0 Å². The maximum absolute atomic E-state index is 13.8. The summed E-state index contributed by atoms with van der Waals surface area (Å²) in [5, 5.41) is 0. The molecule has 2 aromatic carbocycles. The van der Waals surface area contributed by atoms with Crippen molar-refractivity contribution >= 4 is 16.9 Å². The predicted molar refractivity (Wildman–Crippen MR) is 132 cm³/mol. The minimum absolute atomic E-state index is 0.181. The van der Waals surface area contributed by atoms with E-state index in [4.69, 9.17) is 15.5 Å². The van der Waals surface area contributed by atoms with Crippen molar-refractivity contribution < 1.29 is 9.53 Å². The Bertz CT molecular complexity index is 1090. The molecule has 0 saturated heterocycles. The fourth-order valence-corrected chi connectivity index (χ4v) is 6.63. The molecule has 3 aromatic rings. The maximum Gasteiger partial charge on any atom is 0.244 e. The fourth-order valence-electron chi connectivity index (χ4n) is 6.63. The SMILES string of the molecule is COc1ccc(-c2nc3ccccc3n2C(C(N)=O)(C2CCCCC2)C2CCCCC2)cc1. The maximum atomic E-state index is 13.8. The molecule has 2 fully saturated rings. The molecule has 0 radical (unpaired) electrons. The summed E-state index contributed by atoms with van der Waals surface area (Å²) < 4.78 is 7.66. The Morgan fingerprint density at radius 3 is 2.03 bits per heavy atom. The van der Waals surface area contributed by atoms with Gasteiger partial charge >= 0.3 is 0 Å². The van der Waals surface area contributed by atoms with Gasteiger partial charge in [-0.25, -0.2) is 4.98 Å². The number of hydrogen-bond donors (Lipinski definition) is 1. The number of para-hydroxylation sites is 2. The zero-order chi connectivity index (χ0) is 22.8. The first-order valence-corrected chi connectivity index (χ1v) is 12.6. The second-order valence-electron chi connectivity index (χ2n) is 9.85. The fraction of sp³-hybridized carbons (Fsp3) is 0.500. The van der Waals surface area contributed by atoms with Crippen LogP contribution in [0.15, 0.2) is 48.5 Å². The van der Waals surface area contributed by atoms with Gasteiger partial charge in [0.15, 0.2) is 0 Å². The number of rotatable bonds is 6. The van der Waals surface area contributed by atoms with Crippen molar-refractivity contribution in [1.82, 2.24) is 9.55 Å². The van der Waals surface area contributed by atoms with E-state index in [1.165, 1.54) is 12.8 Å². The largest absolute Gasteiger partial charge is 0.497 e. The molecule has 2 saturated carbocycles. The summed E-state index contributed by atoms with van der Waals surface area (Å²) in [4.78, 5) is 18.9. The summed E-state index contributed by atoms with van der Waals surface area (Å²) in [6.07, 6.45) is 11.3. The van der Waals surface area contributed by atoms with E-state index < -0.39 is 5.54 Å². The van der Waals surface area contributed by atoms with E-state index in [9.17, 15) is 4.79 Å². The summed E-state index contributed by atoms with van der Waals surface area (Å²) >= 11 is 0. The van der Waals surface area contributed by atoms with Gasteiger partial charge in [-0.1, -0.05) is 50.7 Å².